The molecule has 0 bridgehead atoms. The zero-order valence-corrected chi connectivity index (χ0v) is 12.2. The van der Waals surface area contributed by atoms with Gasteiger partial charge in [0.1, 0.15) is 11.4 Å². The minimum absolute atomic E-state index is 0.361. The highest BCUT2D eigenvalue weighted by molar-refractivity contribution is 7.88. The molecule has 6 heteroatoms. The summed E-state index contributed by atoms with van der Waals surface area (Å²) in [5.74, 6) is 0. The smallest absolute Gasteiger partial charge is 0.179 e. The van der Waals surface area contributed by atoms with Crippen molar-refractivity contribution < 1.29 is 8.42 Å². The number of hydrazone groups is 1. The summed E-state index contributed by atoms with van der Waals surface area (Å²) in [6, 6.07) is 18.6. The molecule has 0 saturated heterocycles. The van der Waals surface area contributed by atoms with Gasteiger partial charge in [0, 0.05) is 18.2 Å². The van der Waals surface area contributed by atoms with Crippen LogP contribution in [0.15, 0.2) is 70.2 Å². The third-order valence-electron chi connectivity index (χ3n) is 3.10. The molecule has 2 aromatic carbocycles. The van der Waals surface area contributed by atoms with Crippen LogP contribution in [0, 0.1) is 0 Å². The van der Waals surface area contributed by atoms with Gasteiger partial charge in [0.25, 0.3) is 0 Å². The van der Waals surface area contributed by atoms with Gasteiger partial charge < -0.3 is 0 Å². The predicted molar refractivity (Wildman–Crippen MR) is 82.6 cm³/mol. The molecule has 0 amide bonds. The Morgan fingerprint density at radius 2 is 1.29 bits per heavy atom. The summed E-state index contributed by atoms with van der Waals surface area (Å²) in [4.78, 5) is 0. The molecule has 0 atom stereocenters. The van der Waals surface area contributed by atoms with Crippen LogP contribution in [0.2, 0.25) is 0 Å². The zero-order valence-electron chi connectivity index (χ0n) is 11.3. The van der Waals surface area contributed by atoms with E-state index in [-0.39, 0.29) is 0 Å². The highest BCUT2D eigenvalue weighted by atomic mass is 32.2. The van der Waals surface area contributed by atoms with Gasteiger partial charge in [0.2, 0.25) is 0 Å². The molecule has 2 aromatic rings. The van der Waals surface area contributed by atoms with Crippen LogP contribution >= 0.6 is 0 Å². The Morgan fingerprint density at radius 1 is 0.810 bits per heavy atom. The summed E-state index contributed by atoms with van der Waals surface area (Å²) in [6.45, 7) is 0. The Bertz CT molecular complexity index is 813. The maximum Gasteiger partial charge on any atom is 0.359 e. The first-order chi connectivity index (χ1) is 10.1. The summed E-state index contributed by atoms with van der Waals surface area (Å²) < 4.78 is 28.7. The molecule has 0 N–H and O–H groups in total. The second-order valence-electron chi connectivity index (χ2n) is 4.53. The number of hydrogen-bond acceptors (Lipinski definition) is 3. The lowest BCUT2D eigenvalue weighted by Crippen LogP contribution is -2.32. The average Bonchev–Trinajstić information content (AvgIpc) is 2.51. The Labute approximate surface area is 123 Å². The van der Waals surface area contributed by atoms with E-state index in [0.717, 1.165) is 15.5 Å². The van der Waals surface area contributed by atoms with E-state index >= 15 is 0 Å². The van der Waals surface area contributed by atoms with Crippen molar-refractivity contribution in [3.05, 3.63) is 71.8 Å². The predicted octanol–water partition coefficient (Wildman–Crippen LogP) is 2.07. The molecule has 21 heavy (non-hydrogen) atoms. The van der Waals surface area contributed by atoms with Gasteiger partial charge in [0.15, 0.2) is 0 Å². The van der Waals surface area contributed by atoms with Crippen molar-refractivity contribution in [3.8, 4) is 0 Å². The van der Waals surface area contributed by atoms with Crippen LogP contribution in [-0.2, 0) is 10.2 Å². The van der Waals surface area contributed by atoms with Crippen molar-refractivity contribution in [1.82, 2.24) is 4.41 Å². The minimum Gasteiger partial charge on any atom is -0.179 e. The summed E-state index contributed by atoms with van der Waals surface area (Å²) in [5, 5.41) is 4.19. The quantitative estimate of drug-likeness (QED) is 0.852. The third-order valence-corrected chi connectivity index (χ3v) is 4.26. The lowest BCUT2D eigenvalue weighted by molar-refractivity contribution is 0.490. The van der Waals surface area contributed by atoms with Gasteiger partial charge in [-0.25, -0.2) is 0 Å². The van der Waals surface area contributed by atoms with Crippen LogP contribution in [0.4, 0.5) is 0 Å². The van der Waals surface area contributed by atoms with Crippen molar-refractivity contribution in [2.45, 2.75) is 0 Å². The maximum atomic E-state index is 12.0. The molecule has 1 aliphatic heterocycles. The number of nitrogens with zero attached hydrogens (tertiary/aromatic N) is 3. The highest BCUT2D eigenvalue weighted by Gasteiger charge is 2.27. The third kappa shape index (κ3) is 2.57. The fourth-order valence-corrected chi connectivity index (χ4v) is 2.76. The van der Waals surface area contributed by atoms with Crippen molar-refractivity contribution in [2.24, 2.45) is 9.50 Å². The summed E-state index contributed by atoms with van der Waals surface area (Å²) in [5.41, 5.74) is 2.44. The number of benzene rings is 2. The molecule has 5 nitrogen and oxygen atoms in total. The molecule has 0 unspecified atom stereocenters. The van der Waals surface area contributed by atoms with Crippen molar-refractivity contribution in [1.29, 1.82) is 0 Å². The Balaban J connectivity index is 2.19. The maximum absolute atomic E-state index is 12.0. The summed E-state index contributed by atoms with van der Waals surface area (Å²) in [6.07, 6.45) is 0. The normalized spacial score (nSPS) is 17.1. The monoisotopic (exact) mass is 299 g/mol. The standard InChI is InChI=1S/C15H13N3O2S/c1-18-16-14(12-8-4-2-5-9-12)15(17-21(18,19)20)13-10-6-3-7-11-13/h2-11H,1H3. The molecular weight excluding hydrogens is 286 g/mol. The van der Waals surface area contributed by atoms with E-state index in [1.807, 2.05) is 60.7 Å². The first-order valence-corrected chi connectivity index (χ1v) is 7.76. The van der Waals surface area contributed by atoms with E-state index in [1.165, 1.54) is 7.05 Å². The Kier molecular flexibility index (Phi) is 3.31. The molecule has 106 valence electrons. The van der Waals surface area contributed by atoms with E-state index in [4.69, 9.17) is 0 Å². The van der Waals surface area contributed by atoms with Gasteiger partial charge in [-0.2, -0.15) is 17.9 Å². The molecule has 0 spiro atoms. The molecule has 0 aliphatic carbocycles. The molecule has 0 fully saturated rings. The molecule has 0 aromatic heterocycles. The Morgan fingerprint density at radius 3 is 1.81 bits per heavy atom. The van der Waals surface area contributed by atoms with Crippen LogP contribution in [0.25, 0.3) is 0 Å². The topological polar surface area (TPSA) is 62.1 Å². The van der Waals surface area contributed by atoms with Gasteiger partial charge in [-0.1, -0.05) is 60.7 Å². The Hall–Kier alpha value is -2.47. The fraction of sp³-hybridized carbons (Fsp3) is 0.0667. The summed E-state index contributed by atoms with van der Waals surface area (Å²) >= 11 is 0. The second-order valence-corrected chi connectivity index (χ2v) is 6.14. The van der Waals surface area contributed by atoms with Crippen LogP contribution in [0.5, 0.6) is 0 Å². The zero-order chi connectivity index (χ0) is 14.9. The van der Waals surface area contributed by atoms with Crippen LogP contribution in [0.1, 0.15) is 11.1 Å². The molecule has 1 heterocycles. The number of hydrogen-bond donors (Lipinski definition) is 0. The van der Waals surface area contributed by atoms with E-state index < -0.39 is 10.2 Å². The van der Waals surface area contributed by atoms with Crippen molar-refractivity contribution in [2.75, 3.05) is 7.05 Å². The molecular formula is C15H13N3O2S. The van der Waals surface area contributed by atoms with Gasteiger partial charge in [-0.15, -0.1) is 4.40 Å². The second kappa shape index (κ2) is 5.14. The first-order valence-electron chi connectivity index (χ1n) is 6.36. The lowest BCUT2D eigenvalue weighted by Gasteiger charge is -2.20. The minimum atomic E-state index is -3.77. The fourth-order valence-electron chi connectivity index (χ4n) is 2.03. The molecule has 3 rings (SSSR count). The molecule has 0 radical (unpaired) electrons. The van der Waals surface area contributed by atoms with Crippen molar-refractivity contribution >= 4 is 21.6 Å². The summed E-state index contributed by atoms with van der Waals surface area (Å²) in [7, 11) is -2.39. The SMILES string of the molecule is CN1N=C(c2ccccc2)C(c2ccccc2)=NS1(=O)=O. The lowest BCUT2D eigenvalue weighted by atomic mass is 10.00. The van der Waals surface area contributed by atoms with Crippen LogP contribution in [-0.4, -0.2) is 31.3 Å². The van der Waals surface area contributed by atoms with E-state index in [1.54, 1.807) is 0 Å². The largest absolute Gasteiger partial charge is 0.359 e. The van der Waals surface area contributed by atoms with Crippen molar-refractivity contribution in [3.63, 3.8) is 0 Å². The van der Waals surface area contributed by atoms with Crippen LogP contribution < -0.4 is 0 Å². The van der Waals surface area contributed by atoms with Crippen LogP contribution in [0.3, 0.4) is 0 Å². The first kappa shape index (κ1) is 13.5. The van der Waals surface area contributed by atoms with Gasteiger partial charge >= 0.3 is 10.2 Å². The molecule has 0 saturated carbocycles. The van der Waals surface area contributed by atoms with Gasteiger partial charge in [0.05, 0.1) is 0 Å². The average molecular weight is 299 g/mol. The van der Waals surface area contributed by atoms with E-state index in [0.29, 0.717) is 11.4 Å². The molecule has 1 aliphatic rings. The van der Waals surface area contributed by atoms with E-state index in [2.05, 4.69) is 9.50 Å². The van der Waals surface area contributed by atoms with Gasteiger partial charge in [-0.05, 0) is 0 Å². The number of rotatable bonds is 2. The van der Waals surface area contributed by atoms with Gasteiger partial charge in [-0.3, -0.25) is 0 Å². The highest BCUT2D eigenvalue weighted by Crippen LogP contribution is 2.18. The van der Waals surface area contributed by atoms with E-state index in [9.17, 15) is 8.42 Å².